The fraction of sp³-hybridized carbons (Fsp3) is 0.350. The van der Waals surface area contributed by atoms with Crippen LogP contribution in [-0.4, -0.2) is 67.4 Å². The van der Waals surface area contributed by atoms with E-state index in [2.05, 4.69) is 10.1 Å². The normalized spacial score (nSPS) is 14.6. The number of piperazine rings is 1. The maximum Gasteiger partial charge on any atom is 0.337 e. The van der Waals surface area contributed by atoms with Crippen molar-refractivity contribution >= 4 is 34.8 Å². The molecule has 1 N–H and O–H groups in total. The second kappa shape index (κ2) is 8.99. The van der Waals surface area contributed by atoms with Gasteiger partial charge in [0, 0.05) is 36.7 Å². The number of nitrogens with zero attached hydrogens (tertiary/aromatic N) is 2. The van der Waals surface area contributed by atoms with Gasteiger partial charge < -0.3 is 15.0 Å². The van der Waals surface area contributed by atoms with Crippen molar-refractivity contribution in [2.75, 3.05) is 45.2 Å². The molecule has 7 nitrogen and oxygen atoms in total. The van der Waals surface area contributed by atoms with Crippen LogP contribution in [-0.2, 0) is 9.53 Å². The number of hydrogen-bond donors (Lipinski definition) is 1. The lowest BCUT2D eigenvalue weighted by Crippen LogP contribution is -2.50. The molecular weight excluding hydrogens is 378 g/mol. The highest BCUT2D eigenvalue weighted by Crippen LogP contribution is 2.18. The summed E-state index contributed by atoms with van der Waals surface area (Å²) in [5, 5.41) is 2.80. The zero-order chi connectivity index (χ0) is 20.1. The predicted octanol–water partition coefficient (Wildman–Crippen LogP) is 2.24. The molecule has 0 spiro atoms. The predicted molar refractivity (Wildman–Crippen MR) is 108 cm³/mol. The standard InChI is InChI=1S/C20H23N3O4S/c1-14-6-7-17(28-14)19(25)23-10-8-22(9-11-23)13-18(24)21-16-5-3-4-15(12-16)20(26)27-2/h3-7,12H,8-11,13H2,1-2H3,(H,21,24). The molecule has 1 aromatic heterocycles. The number of ether oxygens (including phenoxy) is 1. The molecule has 1 aliphatic heterocycles. The minimum absolute atomic E-state index is 0.0572. The molecule has 0 unspecified atom stereocenters. The third-order valence-corrected chi connectivity index (χ3v) is 5.53. The first-order chi connectivity index (χ1) is 13.5. The number of hydrogen-bond acceptors (Lipinski definition) is 6. The molecule has 0 saturated carbocycles. The van der Waals surface area contributed by atoms with Crippen molar-refractivity contribution in [1.29, 1.82) is 0 Å². The number of carbonyl (C=O) groups excluding carboxylic acids is 3. The summed E-state index contributed by atoms with van der Waals surface area (Å²) in [6.07, 6.45) is 0. The summed E-state index contributed by atoms with van der Waals surface area (Å²) in [4.78, 5) is 42.1. The number of rotatable bonds is 5. The number of benzene rings is 1. The van der Waals surface area contributed by atoms with Gasteiger partial charge in [0.15, 0.2) is 0 Å². The topological polar surface area (TPSA) is 79.0 Å². The van der Waals surface area contributed by atoms with Crippen LogP contribution in [0.5, 0.6) is 0 Å². The molecule has 1 aromatic carbocycles. The number of methoxy groups -OCH3 is 1. The maximum absolute atomic E-state index is 12.5. The number of thiophene rings is 1. The van der Waals surface area contributed by atoms with Gasteiger partial charge in [-0.15, -0.1) is 11.3 Å². The minimum atomic E-state index is -0.446. The third kappa shape index (κ3) is 4.96. The first-order valence-electron chi connectivity index (χ1n) is 9.02. The molecule has 0 bridgehead atoms. The van der Waals surface area contributed by atoms with Crippen LogP contribution in [0.2, 0.25) is 0 Å². The molecule has 1 saturated heterocycles. The van der Waals surface area contributed by atoms with E-state index < -0.39 is 5.97 Å². The summed E-state index contributed by atoms with van der Waals surface area (Å²) >= 11 is 1.51. The highest BCUT2D eigenvalue weighted by atomic mass is 32.1. The average molecular weight is 401 g/mol. The van der Waals surface area contributed by atoms with Crippen molar-refractivity contribution in [3.05, 3.63) is 51.7 Å². The molecular formula is C20H23N3O4S. The molecule has 3 rings (SSSR count). The Morgan fingerprint density at radius 1 is 1.11 bits per heavy atom. The second-order valence-electron chi connectivity index (χ2n) is 6.60. The van der Waals surface area contributed by atoms with Crippen LogP contribution in [0, 0.1) is 6.92 Å². The Labute approximate surface area is 167 Å². The maximum atomic E-state index is 12.5. The number of nitrogens with one attached hydrogen (secondary N) is 1. The molecule has 8 heteroatoms. The second-order valence-corrected chi connectivity index (χ2v) is 7.89. The van der Waals surface area contributed by atoms with Gasteiger partial charge in [0.1, 0.15) is 0 Å². The summed E-state index contributed by atoms with van der Waals surface area (Å²) in [7, 11) is 1.32. The number of esters is 1. The van der Waals surface area contributed by atoms with Crippen LogP contribution >= 0.6 is 11.3 Å². The van der Waals surface area contributed by atoms with E-state index in [9.17, 15) is 14.4 Å². The molecule has 0 aliphatic carbocycles. The summed E-state index contributed by atoms with van der Waals surface area (Å²) in [5.41, 5.74) is 0.936. The quantitative estimate of drug-likeness (QED) is 0.778. The van der Waals surface area contributed by atoms with E-state index in [0.29, 0.717) is 37.4 Å². The average Bonchev–Trinajstić information content (AvgIpc) is 3.14. The van der Waals surface area contributed by atoms with Crippen molar-refractivity contribution in [2.45, 2.75) is 6.92 Å². The lowest BCUT2D eigenvalue weighted by molar-refractivity contribution is -0.117. The highest BCUT2D eigenvalue weighted by molar-refractivity contribution is 7.13. The Kier molecular flexibility index (Phi) is 6.43. The summed E-state index contributed by atoms with van der Waals surface area (Å²) in [6.45, 7) is 4.71. The Balaban J connectivity index is 1.49. The summed E-state index contributed by atoms with van der Waals surface area (Å²) in [6, 6.07) is 10.5. The van der Waals surface area contributed by atoms with Crippen LogP contribution in [0.1, 0.15) is 24.9 Å². The minimum Gasteiger partial charge on any atom is -0.465 e. The number of aryl methyl sites for hydroxylation is 1. The molecule has 148 valence electrons. The van der Waals surface area contributed by atoms with Gasteiger partial charge in [-0.3, -0.25) is 14.5 Å². The van der Waals surface area contributed by atoms with Crippen LogP contribution in [0.25, 0.3) is 0 Å². The van der Waals surface area contributed by atoms with Gasteiger partial charge in [0.25, 0.3) is 5.91 Å². The van der Waals surface area contributed by atoms with Crippen LogP contribution in [0.15, 0.2) is 36.4 Å². The molecule has 1 fully saturated rings. The van der Waals surface area contributed by atoms with Gasteiger partial charge in [0.2, 0.25) is 5.91 Å². The molecule has 0 radical (unpaired) electrons. The van der Waals surface area contributed by atoms with E-state index >= 15 is 0 Å². The number of anilines is 1. The van der Waals surface area contributed by atoms with Crippen molar-refractivity contribution in [3.8, 4) is 0 Å². The number of carbonyl (C=O) groups is 3. The van der Waals surface area contributed by atoms with E-state index in [1.165, 1.54) is 18.4 Å². The van der Waals surface area contributed by atoms with Crippen molar-refractivity contribution in [2.24, 2.45) is 0 Å². The van der Waals surface area contributed by atoms with E-state index in [1.54, 1.807) is 24.3 Å². The first-order valence-corrected chi connectivity index (χ1v) is 9.84. The van der Waals surface area contributed by atoms with Gasteiger partial charge in [-0.05, 0) is 37.3 Å². The molecule has 2 aromatic rings. The lowest BCUT2D eigenvalue weighted by Gasteiger charge is -2.34. The Morgan fingerprint density at radius 3 is 2.50 bits per heavy atom. The molecule has 1 aliphatic rings. The molecule has 0 atom stereocenters. The largest absolute Gasteiger partial charge is 0.465 e. The van der Waals surface area contributed by atoms with Crippen LogP contribution in [0.3, 0.4) is 0 Å². The SMILES string of the molecule is COC(=O)c1cccc(NC(=O)CN2CCN(C(=O)c3ccc(C)s3)CC2)c1. The van der Waals surface area contributed by atoms with Gasteiger partial charge in [0.05, 0.1) is 24.1 Å². The van der Waals surface area contributed by atoms with Crippen molar-refractivity contribution in [3.63, 3.8) is 0 Å². The van der Waals surface area contributed by atoms with Crippen LogP contribution < -0.4 is 5.32 Å². The zero-order valence-corrected chi connectivity index (χ0v) is 16.8. The Hall–Kier alpha value is -2.71. The third-order valence-electron chi connectivity index (χ3n) is 4.55. The first kappa shape index (κ1) is 20.0. The van der Waals surface area contributed by atoms with Crippen molar-refractivity contribution < 1.29 is 19.1 Å². The Bertz CT molecular complexity index is 872. The van der Waals surface area contributed by atoms with E-state index in [-0.39, 0.29) is 18.4 Å². The summed E-state index contributed by atoms with van der Waals surface area (Å²) in [5.74, 6) is -0.546. The lowest BCUT2D eigenvalue weighted by atomic mass is 10.2. The van der Waals surface area contributed by atoms with Gasteiger partial charge in [-0.25, -0.2) is 4.79 Å². The summed E-state index contributed by atoms with van der Waals surface area (Å²) < 4.78 is 4.69. The van der Waals surface area contributed by atoms with Crippen LogP contribution in [0.4, 0.5) is 5.69 Å². The van der Waals surface area contributed by atoms with E-state index in [4.69, 9.17) is 0 Å². The van der Waals surface area contributed by atoms with E-state index in [1.807, 2.05) is 28.9 Å². The number of amides is 2. The van der Waals surface area contributed by atoms with Crippen molar-refractivity contribution in [1.82, 2.24) is 9.80 Å². The van der Waals surface area contributed by atoms with E-state index in [0.717, 1.165) is 9.75 Å². The molecule has 2 heterocycles. The zero-order valence-electron chi connectivity index (χ0n) is 15.9. The Morgan fingerprint density at radius 2 is 1.86 bits per heavy atom. The molecule has 28 heavy (non-hydrogen) atoms. The fourth-order valence-corrected chi connectivity index (χ4v) is 3.90. The van der Waals surface area contributed by atoms with Gasteiger partial charge in [-0.2, -0.15) is 0 Å². The van der Waals surface area contributed by atoms with Gasteiger partial charge >= 0.3 is 5.97 Å². The van der Waals surface area contributed by atoms with Gasteiger partial charge in [-0.1, -0.05) is 6.07 Å². The smallest absolute Gasteiger partial charge is 0.337 e. The molecule has 2 amide bonds. The fourth-order valence-electron chi connectivity index (χ4n) is 3.06. The highest BCUT2D eigenvalue weighted by Gasteiger charge is 2.24. The monoisotopic (exact) mass is 401 g/mol.